The molecule has 0 saturated carbocycles. The van der Waals surface area contributed by atoms with Crippen LogP contribution in [0.3, 0.4) is 0 Å². The molecule has 0 spiro atoms. The summed E-state index contributed by atoms with van der Waals surface area (Å²) in [7, 11) is 0. The molecule has 0 atom stereocenters. The number of benzene rings is 8. The Balaban J connectivity index is 0.00000675. The maximum Gasteiger partial charge on any atom is 0.136 e. The van der Waals surface area contributed by atoms with E-state index in [4.69, 9.17) is 12.1 Å². The number of pyridine rings is 1. The first-order valence-corrected chi connectivity index (χ1v) is 26.1. The van der Waals surface area contributed by atoms with Crippen molar-refractivity contribution in [3.63, 3.8) is 0 Å². The van der Waals surface area contributed by atoms with Gasteiger partial charge in [0.2, 0.25) is 0 Å². The molecule has 0 amide bonds. The molecule has 384 valence electrons. The number of rotatable bonds is 1. The van der Waals surface area contributed by atoms with E-state index in [9.17, 15) is 2.74 Å². The molecule has 76 heavy (non-hydrogen) atoms. The summed E-state index contributed by atoms with van der Waals surface area (Å²) in [4.78, 5) is 5.48. The van der Waals surface area contributed by atoms with Gasteiger partial charge in [-0.05, 0) is 118 Å². The topological polar surface area (TPSA) is 40.3 Å². The van der Waals surface area contributed by atoms with Crippen molar-refractivity contribution in [2.75, 3.05) is 0 Å². The van der Waals surface area contributed by atoms with E-state index in [-0.39, 0.29) is 66.9 Å². The smallest absolute Gasteiger partial charge is 0.136 e. The molecule has 0 aliphatic carbocycles. The number of nitrogens with zero attached hydrogens (tertiary/aromatic N) is 4. The Morgan fingerprint density at radius 2 is 1.14 bits per heavy atom. The van der Waals surface area contributed by atoms with E-state index < -0.39 is 0 Å². The number of aromatic nitrogens is 4. The van der Waals surface area contributed by atoms with E-state index in [1.807, 2.05) is 28.7 Å². The maximum absolute atomic E-state index is 9.47. The van der Waals surface area contributed by atoms with E-state index in [0.29, 0.717) is 38.6 Å². The molecular formula is C70H65N4OPt-3. The minimum atomic E-state index is -0.344. The zero-order valence-electron chi connectivity index (χ0n) is 49.4. The van der Waals surface area contributed by atoms with Crippen molar-refractivity contribution in [2.45, 2.75) is 105 Å². The van der Waals surface area contributed by atoms with Crippen LogP contribution < -0.4 is 0 Å². The number of fused-ring (bicyclic) bond motifs is 23. The molecule has 11 aromatic rings. The predicted octanol–water partition coefficient (Wildman–Crippen LogP) is 19.0. The third-order valence-corrected chi connectivity index (χ3v) is 14.9. The largest absolute Gasteiger partial charge is 0.510 e. The van der Waals surface area contributed by atoms with Gasteiger partial charge in [-0.2, -0.15) is 23.8 Å². The molecule has 0 saturated heterocycles. The third-order valence-electron chi connectivity index (χ3n) is 14.9. The SMILES string of the molecule is [2H]c1c([2H])c([2H])c2c(c1[2H])c1ccc3[c-]c1n2c1cc(C(C)(C)C)cc(n1)c1cccc(c1)c1ccccc1c1cc(C(C)(C)C)cc(-c2cccc(C(C)(C)C)c2)c1n1[cH-]n(c2[c-]c(cc(C(C)(C)C)c2)o3)-c2ccccc2-1.[Pt]. The van der Waals surface area contributed by atoms with Crippen LogP contribution in [0.5, 0.6) is 0 Å². The summed E-state index contributed by atoms with van der Waals surface area (Å²) in [6.07, 6.45) is 2.21. The molecular weight excluding hydrogens is 1110 g/mol. The summed E-state index contributed by atoms with van der Waals surface area (Å²) in [5.74, 6) is 0. The van der Waals surface area contributed by atoms with Crippen molar-refractivity contribution in [1.82, 2.24) is 18.5 Å². The van der Waals surface area contributed by atoms with Crippen molar-refractivity contribution >= 4 is 82.1 Å². The van der Waals surface area contributed by atoms with Gasteiger partial charge < -0.3 is 18.0 Å². The van der Waals surface area contributed by atoms with Crippen LogP contribution in [0, 0.1) is 12.1 Å². The fraction of sp³-hybridized carbons (Fsp3) is 0.229. The Bertz CT molecular complexity index is 4650. The van der Waals surface area contributed by atoms with E-state index in [1.54, 1.807) is 0 Å². The molecule has 0 unspecified atom stereocenters. The van der Waals surface area contributed by atoms with Crippen molar-refractivity contribution in [3.05, 3.63) is 210 Å². The molecule has 1 aliphatic heterocycles. The van der Waals surface area contributed by atoms with Crippen LogP contribution in [0.2, 0.25) is 0 Å². The van der Waals surface area contributed by atoms with Crippen LogP contribution in [0.15, 0.2) is 181 Å². The Labute approximate surface area is 466 Å². The van der Waals surface area contributed by atoms with Gasteiger partial charge in [-0.3, -0.25) is 0 Å². The van der Waals surface area contributed by atoms with Gasteiger partial charge in [0.1, 0.15) is 5.65 Å². The van der Waals surface area contributed by atoms with Gasteiger partial charge in [0.15, 0.2) is 0 Å². The van der Waals surface area contributed by atoms with Crippen molar-refractivity contribution in [2.24, 2.45) is 0 Å². The molecule has 6 heteroatoms. The molecule has 12 rings (SSSR count). The Morgan fingerprint density at radius 3 is 1.88 bits per heavy atom. The minimum Gasteiger partial charge on any atom is -0.510 e. The monoisotopic (exact) mass is 1180 g/mol. The number of hydrogen-bond acceptors (Lipinski definition) is 2. The van der Waals surface area contributed by atoms with Gasteiger partial charge >= 0.3 is 0 Å². The molecule has 4 heterocycles. The summed E-state index contributed by atoms with van der Waals surface area (Å²) in [5, 5.41) is 6.11. The Morgan fingerprint density at radius 1 is 0.500 bits per heavy atom. The van der Waals surface area contributed by atoms with E-state index in [0.717, 1.165) is 77.1 Å². The fourth-order valence-electron chi connectivity index (χ4n) is 10.6. The third kappa shape index (κ3) is 9.01. The van der Waals surface area contributed by atoms with Gasteiger partial charge in [-0.1, -0.05) is 210 Å². The number of hydrogen-bond donors (Lipinski definition) is 0. The minimum absolute atomic E-state index is 0. The van der Waals surface area contributed by atoms with Crippen LogP contribution >= 0.6 is 0 Å². The van der Waals surface area contributed by atoms with Crippen LogP contribution in [0.4, 0.5) is 0 Å². The van der Waals surface area contributed by atoms with Gasteiger partial charge in [0, 0.05) is 49.5 Å². The first kappa shape index (κ1) is 46.0. The van der Waals surface area contributed by atoms with Crippen LogP contribution in [0.25, 0.3) is 105 Å². The van der Waals surface area contributed by atoms with E-state index >= 15 is 0 Å². The first-order chi connectivity index (χ1) is 37.3. The molecule has 3 aromatic heterocycles. The summed E-state index contributed by atoms with van der Waals surface area (Å²) < 4.78 is 50.0. The van der Waals surface area contributed by atoms with Crippen LogP contribution in [-0.2, 0) is 42.7 Å². The maximum atomic E-state index is 9.47. The molecule has 5 nitrogen and oxygen atoms in total. The summed E-state index contributed by atoms with van der Waals surface area (Å²) >= 11 is 0. The quantitative estimate of drug-likeness (QED) is 0.154. The fourth-order valence-corrected chi connectivity index (χ4v) is 10.6. The Hall–Kier alpha value is -7.33. The first-order valence-electron chi connectivity index (χ1n) is 28.1. The number of para-hydroxylation sites is 3. The van der Waals surface area contributed by atoms with Crippen LogP contribution in [0.1, 0.15) is 111 Å². The van der Waals surface area contributed by atoms with Gasteiger partial charge in [-0.25, -0.2) is 4.98 Å². The average Bonchev–Trinajstić information content (AvgIpc) is 3.99. The Kier molecular flexibility index (Phi) is 11.2. The molecule has 0 radical (unpaired) electrons. The molecule has 1 aliphatic rings. The summed E-state index contributed by atoms with van der Waals surface area (Å²) in [6.45, 7) is 26.8. The summed E-state index contributed by atoms with van der Waals surface area (Å²) in [5.41, 5.74) is 12.6. The van der Waals surface area contributed by atoms with Crippen molar-refractivity contribution < 1.29 is 31.0 Å². The van der Waals surface area contributed by atoms with Crippen molar-refractivity contribution in [1.29, 1.82) is 0 Å². The second-order valence-electron chi connectivity index (χ2n) is 24.4. The van der Waals surface area contributed by atoms with E-state index in [2.05, 4.69) is 232 Å². The second kappa shape index (κ2) is 18.5. The van der Waals surface area contributed by atoms with E-state index in [1.165, 1.54) is 11.1 Å². The number of imidazole rings is 1. The normalized spacial score (nSPS) is 13.4. The predicted molar refractivity (Wildman–Crippen MR) is 317 cm³/mol. The second-order valence-corrected chi connectivity index (χ2v) is 24.4. The average molecular weight is 1180 g/mol. The van der Waals surface area contributed by atoms with Crippen LogP contribution in [-0.4, -0.2) is 18.5 Å². The standard InChI is InChI=1S/C70H65N4O.Pt/c1-67(2,3)47-24-20-22-45(34-47)58-37-49(69(7,8)9)38-59-55-26-14-13-25-54(55)44-21-19-23-46(33-44)60-39-50(70(10,11)12)40-65(71-60)74-61-28-16-15-27-56(61)57-32-31-52(42-64(57)74)75-53-36-48(68(4,5)6)35-51(41-53)72-43-73(66(58)59)63-30-18-17-29-62(63)72;/h13-40,43H,1-12H3;/q-3;/i15D,16D,27D,28D;. The zero-order chi connectivity index (χ0) is 55.8. The molecule has 10 bridgehead atoms. The molecule has 0 fully saturated rings. The van der Waals surface area contributed by atoms with Gasteiger partial charge in [0.05, 0.1) is 11.0 Å². The van der Waals surface area contributed by atoms with Gasteiger partial charge in [-0.15, -0.1) is 29.1 Å². The molecule has 8 aromatic carbocycles. The summed E-state index contributed by atoms with van der Waals surface area (Å²) in [6, 6.07) is 58.3. The van der Waals surface area contributed by atoms with Crippen molar-refractivity contribution in [3.8, 4) is 22.5 Å². The molecule has 0 N–H and O–H groups in total. The zero-order valence-corrected chi connectivity index (χ0v) is 47.7. The van der Waals surface area contributed by atoms with Gasteiger partial charge in [0.25, 0.3) is 0 Å².